The number of nitrogens with zero attached hydrogens (tertiary/aromatic N) is 1. The molecule has 5 nitrogen and oxygen atoms in total. The largest absolute Gasteiger partial charge is 0.550 e. The molecule has 2 bridgehead atoms. The minimum Gasteiger partial charge on any atom is -0.550 e. The van der Waals surface area contributed by atoms with Crippen LogP contribution in [0.5, 0.6) is 0 Å². The highest BCUT2D eigenvalue weighted by atomic mass is 79.9. The fourth-order valence-electron chi connectivity index (χ4n) is 3.83. The minimum absolute atomic E-state index is 0.0632. The Labute approximate surface area is 127 Å². The van der Waals surface area contributed by atoms with Crippen molar-refractivity contribution in [2.45, 2.75) is 22.5 Å². The lowest BCUT2D eigenvalue weighted by molar-refractivity contribution is -0.305. The summed E-state index contributed by atoms with van der Waals surface area (Å²) in [6.07, 6.45) is 0.592. The molecule has 0 unspecified atom stereocenters. The third-order valence-corrected chi connectivity index (χ3v) is 7.82. The van der Waals surface area contributed by atoms with Crippen molar-refractivity contribution in [1.82, 2.24) is 4.90 Å². The predicted molar refractivity (Wildman–Crippen MR) is 70.4 cm³/mol. The summed E-state index contributed by atoms with van der Waals surface area (Å²) in [4.78, 5) is 36.6. The van der Waals surface area contributed by atoms with Gasteiger partial charge in [0.1, 0.15) is 0 Å². The molecule has 104 valence electrons. The summed E-state index contributed by atoms with van der Waals surface area (Å²) in [6, 6.07) is 0. The molecule has 2 saturated carbocycles. The van der Waals surface area contributed by atoms with Crippen LogP contribution in [0, 0.1) is 23.7 Å². The molecule has 3 aliphatic rings. The molecule has 0 radical (unpaired) electrons. The van der Waals surface area contributed by atoms with E-state index in [1.165, 1.54) is 0 Å². The fraction of sp³-hybridized carbons (Fsp3) is 0.750. The monoisotopic (exact) mass is 392 g/mol. The molecule has 0 N–H and O–H groups in total. The van der Waals surface area contributed by atoms with Gasteiger partial charge in [-0.1, -0.05) is 31.9 Å². The molecule has 0 aromatic heterocycles. The maximum atomic E-state index is 12.3. The number of likely N-dealkylation sites (tertiary alicyclic amines) is 1. The number of carbonyl (C=O) groups is 3. The first-order chi connectivity index (χ1) is 8.93. The Bertz CT molecular complexity index is 437. The molecule has 0 spiro atoms. The maximum absolute atomic E-state index is 12.3. The van der Waals surface area contributed by atoms with E-state index in [1.807, 2.05) is 0 Å². The average Bonchev–Trinajstić information content (AvgIpc) is 2.93. The van der Waals surface area contributed by atoms with Crippen molar-refractivity contribution in [3.05, 3.63) is 0 Å². The molecular weight excluding hydrogens is 382 g/mol. The van der Waals surface area contributed by atoms with Gasteiger partial charge in [0.2, 0.25) is 11.8 Å². The van der Waals surface area contributed by atoms with Crippen LogP contribution >= 0.6 is 31.9 Å². The molecule has 19 heavy (non-hydrogen) atoms. The van der Waals surface area contributed by atoms with Gasteiger partial charge in [-0.2, -0.15) is 0 Å². The SMILES string of the molecule is O=C([O-])CCN1C(=O)[C@@H]2[C@H]3C[C@H]([C@H](Br)[C@@H]3Br)[C@@H]2C1=O. The van der Waals surface area contributed by atoms with Crippen molar-refractivity contribution in [3.63, 3.8) is 0 Å². The van der Waals surface area contributed by atoms with E-state index in [0.717, 1.165) is 11.3 Å². The number of aliphatic carboxylic acids is 1. The lowest BCUT2D eigenvalue weighted by atomic mass is 9.81. The molecular formula is C12H12Br2NO4-. The number of hydrogen-bond acceptors (Lipinski definition) is 4. The Kier molecular flexibility index (Phi) is 3.24. The summed E-state index contributed by atoms with van der Waals surface area (Å²) in [6.45, 7) is -0.0632. The second-order valence-corrected chi connectivity index (χ2v) is 7.57. The zero-order chi connectivity index (χ0) is 13.9. The van der Waals surface area contributed by atoms with Crippen molar-refractivity contribution in [2.24, 2.45) is 23.7 Å². The fourth-order valence-corrected chi connectivity index (χ4v) is 5.71. The van der Waals surface area contributed by atoms with Crippen LogP contribution in [0.1, 0.15) is 12.8 Å². The molecule has 6 atom stereocenters. The number of halogens is 2. The Morgan fingerprint density at radius 1 is 1.16 bits per heavy atom. The second-order valence-electron chi connectivity index (χ2n) is 5.45. The Hall–Kier alpha value is -0.430. The van der Waals surface area contributed by atoms with Crippen molar-refractivity contribution in [3.8, 4) is 0 Å². The van der Waals surface area contributed by atoms with Gasteiger partial charge in [-0.05, 0) is 18.3 Å². The van der Waals surface area contributed by atoms with Gasteiger partial charge in [-0.25, -0.2) is 0 Å². The van der Waals surface area contributed by atoms with Gasteiger partial charge in [0, 0.05) is 28.6 Å². The van der Waals surface area contributed by atoms with Crippen LogP contribution in [0.2, 0.25) is 0 Å². The average molecular weight is 394 g/mol. The van der Waals surface area contributed by atoms with Crippen LogP contribution in [0.15, 0.2) is 0 Å². The van der Waals surface area contributed by atoms with Crippen LogP contribution in [0.25, 0.3) is 0 Å². The molecule has 1 aliphatic heterocycles. The van der Waals surface area contributed by atoms with Crippen LogP contribution in [0.3, 0.4) is 0 Å². The second kappa shape index (κ2) is 4.55. The molecule has 3 fully saturated rings. The van der Waals surface area contributed by atoms with Gasteiger partial charge in [0.25, 0.3) is 0 Å². The quantitative estimate of drug-likeness (QED) is 0.495. The van der Waals surface area contributed by atoms with E-state index in [1.54, 1.807) is 0 Å². The molecule has 0 aromatic rings. The highest BCUT2D eigenvalue weighted by molar-refractivity contribution is 9.12. The van der Waals surface area contributed by atoms with Crippen LogP contribution < -0.4 is 5.11 Å². The van der Waals surface area contributed by atoms with Gasteiger partial charge in [-0.15, -0.1) is 0 Å². The van der Waals surface area contributed by atoms with E-state index in [2.05, 4.69) is 31.9 Å². The third kappa shape index (κ3) is 1.81. The molecule has 3 rings (SSSR count). The van der Waals surface area contributed by atoms with E-state index in [4.69, 9.17) is 0 Å². The lowest BCUT2D eigenvalue weighted by Gasteiger charge is -2.28. The van der Waals surface area contributed by atoms with Gasteiger partial charge in [0.15, 0.2) is 0 Å². The summed E-state index contributed by atoms with van der Waals surface area (Å²) in [5, 5.41) is 10.5. The van der Waals surface area contributed by atoms with Gasteiger partial charge in [-0.3, -0.25) is 14.5 Å². The summed E-state index contributed by atoms with van der Waals surface area (Å²) in [5.41, 5.74) is 0. The standard InChI is InChI=1S/C12H13Br2NO4/c13-9-4-3-5(10(9)14)8-7(4)11(18)15(12(8)19)2-1-6(16)17/h4-5,7-10H,1-3H2,(H,16,17)/p-1/t4-,5+,7-,8+,9-,10+. The van der Waals surface area contributed by atoms with E-state index in [0.29, 0.717) is 0 Å². The number of carbonyl (C=O) groups excluding carboxylic acids is 3. The van der Waals surface area contributed by atoms with Crippen LogP contribution in [0.4, 0.5) is 0 Å². The number of carboxylic acids is 1. The molecule has 1 saturated heterocycles. The highest BCUT2D eigenvalue weighted by Gasteiger charge is 2.66. The van der Waals surface area contributed by atoms with E-state index in [-0.39, 0.29) is 58.1 Å². The van der Waals surface area contributed by atoms with Gasteiger partial charge in [0.05, 0.1) is 11.8 Å². The van der Waals surface area contributed by atoms with Gasteiger partial charge < -0.3 is 9.90 Å². The third-order valence-electron chi connectivity index (χ3n) is 4.62. The lowest BCUT2D eigenvalue weighted by Crippen LogP contribution is -2.37. The summed E-state index contributed by atoms with van der Waals surface area (Å²) in [5.74, 6) is -1.83. The first-order valence-corrected chi connectivity index (χ1v) is 8.10. The van der Waals surface area contributed by atoms with Crippen molar-refractivity contribution in [1.29, 1.82) is 0 Å². The van der Waals surface area contributed by atoms with E-state index in [9.17, 15) is 19.5 Å². The topological polar surface area (TPSA) is 77.5 Å². The smallest absolute Gasteiger partial charge is 0.233 e. The zero-order valence-corrected chi connectivity index (χ0v) is 13.1. The molecule has 1 heterocycles. The van der Waals surface area contributed by atoms with Crippen molar-refractivity contribution < 1.29 is 19.5 Å². The first kappa shape index (κ1) is 13.5. The molecule has 2 amide bonds. The molecule has 7 heteroatoms. The number of fused-ring (bicyclic) bond motifs is 5. The summed E-state index contributed by atoms with van der Waals surface area (Å²) < 4.78 is 0. The summed E-state index contributed by atoms with van der Waals surface area (Å²) in [7, 11) is 0. The number of rotatable bonds is 3. The predicted octanol–water partition coefficient (Wildman–Crippen LogP) is -0.0957. The number of hydrogen-bond donors (Lipinski definition) is 0. The molecule has 2 aliphatic carbocycles. The van der Waals surface area contributed by atoms with E-state index >= 15 is 0 Å². The maximum Gasteiger partial charge on any atom is 0.233 e. The Morgan fingerprint density at radius 2 is 1.63 bits per heavy atom. The zero-order valence-electron chi connectivity index (χ0n) is 9.92. The number of amides is 2. The summed E-state index contributed by atoms with van der Waals surface area (Å²) >= 11 is 7.19. The number of alkyl halides is 2. The van der Waals surface area contributed by atoms with Crippen LogP contribution in [-0.2, 0) is 14.4 Å². The Morgan fingerprint density at radius 3 is 2.05 bits per heavy atom. The minimum atomic E-state index is -1.24. The van der Waals surface area contributed by atoms with Crippen molar-refractivity contribution in [2.75, 3.05) is 6.54 Å². The van der Waals surface area contributed by atoms with Crippen LogP contribution in [-0.4, -0.2) is 38.9 Å². The first-order valence-electron chi connectivity index (χ1n) is 6.26. The number of carboxylic acid groups (broad SMARTS) is 1. The van der Waals surface area contributed by atoms with Crippen molar-refractivity contribution >= 4 is 49.6 Å². The van der Waals surface area contributed by atoms with Gasteiger partial charge >= 0.3 is 0 Å². The van der Waals surface area contributed by atoms with E-state index < -0.39 is 5.97 Å². The normalized spacial score (nSPS) is 44.0. The Balaban J connectivity index is 1.83. The highest BCUT2D eigenvalue weighted by Crippen LogP contribution is 2.60. The molecule has 0 aromatic carbocycles. The number of imide groups is 1.